The van der Waals surface area contributed by atoms with Gasteiger partial charge < -0.3 is 9.47 Å². The minimum atomic E-state index is -0.608. The first kappa shape index (κ1) is 25.6. The first-order valence-electron chi connectivity index (χ1n) is 12.4. The second kappa shape index (κ2) is 11.1. The van der Waals surface area contributed by atoms with E-state index in [1.165, 1.54) is 16.9 Å². The molecule has 2 heterocycles. The van der Waals surface area contributed by atoms with E-state index in [4.69, 9.17) is 9.47 Å². The van der Waals surface area contributed by atoms with Gasteiger partial charge in [0, 0.05) is 0 Å². The fourth-order valence-electron chi connectivity index (χ4n) is 4.24. The maximum atomic E-state index is 13.7. The van der Waals surface area contributed by atoms with Crippen molar-refractivity contribution in [2.75, 3.05) is 13.2 Å². The molecule has 36 heavy (non-hydrogen) atoms. The SMILES string of the molecule is CCCOc1cccc(C=c2sc3n(c2=O)C(c2ccc(C(C)C)cc2)C(C(=O)OCC)=C(C)N=3)c1. The lowest BCUT2D eigenvalue weighted by molar-refractivity contribution is -0.139. The summed E-state index contributed by atoms with van der Waals surface area (Å²) >= 11 is 1.32. The number of esters is 1. The zero-order valence-electron chi connectivity index (χ0n) is 21.4. The van der Waals surface area contributed by atoms with Crippen molar-refractivity contribution in [3.8, 4) is 5.75 Å². The van der Waals surface area contributed by atoms with Gasteiger partial charge >= 0.3 is 5.97 Å². The van der Waals surface area contributed by atoms with E-state index in [0.29, 0.717) is 33.1 Å². The topological polar surface area (TPSA) is 69.9 Å². The number of aromatic nitrogens is 1. The van der Waals surface area contributed by atoms with Gasteiger partial charge in [0.05, 0.1) is 35.1 Å². The van der Waals surface area contributed by atoms with Gasteiger partial charge in [-0.1, -0.05) is 68.5 Å². The normalized spacial score (nSPS) is 15.6. The third-order valence-electron chi connectivity index (χ3n) is 6.06. The minimum absolute atomic E-state index is 0.189. The van der Waals surface area contributed by atoms with Crippen LogP contribution >= 0.6 is 11.3 Å². The molecule has 0 spiro atoms. The molecule has 1 aliphatic rings. The van der Waals surface area contributed by atoms with E-state index < -0.39 is 12.0 Å². The van der Waals surface area contributed by atoms with E-state index in [2.05, 4.69) is 37.9 Å². The number of fused-ring (bicyclic) bond motifs is 1. The van der Waals surface area contributed by atoms with Crippen LogP contribution in [0.15, 0.2) is 69.6 Å². The number of benzene rings is 2. The average molecular weight is 505 g/mol. The van der Waals surface area contributed by atoms with E-state index in [9.17, 15) is 9.59 Å². The summed E-state index contributed by atoms with van der Waals surface area (Å²) in [5.41, 5.74) is 3.67. The van der Waals surface area contributed by atoms with Gasteiger partial charge in [-0.15, -0.1) is 0 Å². The molecule has 0 saturated carbocycles. The number of carbonyl (C=O) groups excluding carboxylic acids is 1. The molecule has 0 N–H and O–H groups in total. The molecule has 4 rings (SSSR count). The van der Waals surface area contributed by atoms with Crippen LogP contribution in [0, 0.1) is 0 Å². The maximum Gasteiger partial charge on any atom is 0.338 e. The summed E-state index contributed by atoms with van der Waals surface area (Å²) in [6, 6.07) is 15.2. The van der Waals surface area contributed by atoms with Gasteiger partial charge in [-0.05, 0) is 61.1 Å². The zero-order chi connectivity index (χ0) is 25.8. The molecule has 0 bridgehead atoms. The zero-order valence-corrected chi connectivity index (χ0v) is 22.2. The Labute approximate surface area is 215 Å². The van der Waals surface area contributed by atoms with E-state index in [1.54, 1.807) is 18.4 Å². The number of carbonyl (C=O) groups is 1. The molecule has 0 radical (unpaired) electrons. The largest absolute Gasteiger partial charge is 0.494 e. The van der Waals surface area contributed by atoms with Gasteiger partial charge in [-0.25, -0.2) is 9.79 Å². The molecule has 1 aliphatic heterocycles. The van der Waals surface area contributed by atoms with Crippen molar-refractivity contribution in [1.82, 2.24) is 4.57 Å². The summed E-state index contributed by atoms with van der Waals surface area (Å²) in [5.74, 6) is 0.689. The van der Waals surface area contributed by atoms with Crippen LogP contribution < -0.4 is 19.6 Å². The standard InChI is InChI=1S/C29H32N2O4S/c1-6-15-35-23-10-8-9-20(16-23)17-24-27(32)31-26(22-13-11-21(12-14-22)18(3)4)25(28(33)34-7-2)19(5)30-29(31)36-24/h8-14,16-18,26H,6-7,15H2,1-5H3. The molecule has 1 unspecified atom stereocenters. The summed E-state index contributed by atoms with van der Waals surface area (Å²) in [7, 11) is 0. The monoisotopic (exact) mass is 504 g/mol. The van der Waals surface area contributed by atoms with E-state index in [0.717, 1.165) is 23.3 Å². The predicted octanol–water partition coefficient (Wildman–Crippen LogP) is 4.71. The quantitative estimate of drug-likeness (QED) is 0.417. The van der Waals surface area contributed by atoms with Crippen LogP contribution in [-0.2, 0) is 9.53 Å². The molecule has 188 valence electrons. The number of hydrogen-bond donors (Lipinski definition) is 0. The van der Waals surface area contributed by atoms with E-state index >= 15 is 0 Å². The molecule has 2 aromatic carbocycles. The fraction of sp³-hybridized carbons (Fsp3) is 0.345. The number of ether oxygens (including phenoxy) is 2. The Kier molecular flexibility index (Phi) is 7.89. The van der Waals surface area contributed by atoms with Gasteiger partial charge in [0.25, 0.3) is 5.56 Å². The Balaban J connectivity index is 1.87. The van der Waals surface area contributed by atoms with Gasteiger partial charge in [0.2, 0.25) is 0 Å². The highest BCUT2D eigenvalue weighted by molar-refractivity contribution is 7.07. The van der Waals surface area contributed by atoms with Gasteiger partial charge in [0.1, 0.15) is 5.75 Å². The first-order valence-corrected chi connectivity index (χ1v) is 13.2. The predicted molar refractivity (Wildman–Crippen MR) is 143 cm³/mol. The second-order valence-electron chi connectivity index (χ2n) is 9.04. The van der Waals surface area contributed by atoms with Crippen molar-refractivity contribution in [3.05, 3.63) is 96.2 Å². The maximum absolute atomic E-state index is 13.7. The lowest BCUT2D eigenvalue weighted by Gasteiger charge is -2.25. The second-order valence-corrected chi connectivity index (χ2v) is 10.1. The Bertz CT molecular complexity index is 1460. The van der Waals surface area contributed by atoms with Crippen LogP contribution in [0.5, 0.6) is 5.75 Å². The van der Waals surface area contributed by atoms with Crippen molar-refractivity contribution >= 4 is 23.4 Å². The van der Waals surface area contributed by atoms with Crippen LogP contribution in [0.25, 0.3) is 6.08 Å². The molecule has 0 fully saturated rings. The summed E-state index contributed by atoms with van der Waals surface area (Å²) in [6.07, 6.45) is 2.77. The molecule has 7 heteroatoms. The smallest absolute Gasteiger partial charge is 0.338 e. The Hall–Kier alpha value is -3.45. The van der Waals surface area contributed by atoms with Crippen molar-refractivity contribution < 1.29 is 14.3 Å². The summed E-state index contributed by atoms with van der Waals surface area (Å²) in [4.78, 5) is 32.0. The highest BCUT2D eigenvalue weighted by Crippen LogP contribution is 2.31. The lowest BCUT2D eigenvalue weighted by atomic mass is 9.93. The van der Waals surface area contributed by atoms with Crippen LogP contribution in [0.2, 0.25) is 0 Å². The van der Waals surface area contributed by atoms with Crippen molar-refractivity contribution in [3.63, 3.8) is 0 Å². The van der Waals surface area contributed by atoms with Crippen LogP contribution in [0.1, 0.15) is 69.7 Å². The Morgan fingerprint density at radius 3 is 2.58 bits per heavy atom. The summed E-state index contributed by atoms with van der Waals surface area (Å²) < 4.78 is 13.3. The van der Waals surface area contributed by atoms with Crippen molar-refractivity contribution in [2.24, 2.45) is 4.99 Å². The molecule has 0 amide bonds. The van der Waals surface area contributed by atoms with Crippen LogP contribution in [-0.4, -0.2) is 23.8 Å². The Morgan fingerprint density at radius 1 is 1.17 bits per heavy atom. The molecular weight excluding hydrogens is 472 g/mol. The summed E-state index contributed by atoms with van der Waals surface area (Å²) in [6.45, 7) is 10.8. The highest BCUT2D eigenvalue weighted by Gasteiger charge is 2.33. The van der Waals surface area contributed by atoms with Crippen molar-refractivity contribution in [1.29, 1.82) is 0 Å². The number of allylic oxidation sites excluding steroid dienone is 1. The Morgan fingerprint density at radius 2 is 1.92 bits per heavy atom. The number of rotatable bonds is 8. The summed E-state index contributed by atoms with van der Waals surface area (Å²) in [5, 5.41) is 0. The van der Waals surface area contributed by atoms with E-state index in [-0.39, 0.29) is 12.2 Å². The van der Waals surface area contributed by atoms with Crippen LogP contribution in [0.3, 0.4) is 0 Å². The molecule has 0 aliphatic carbocycles. The molecular formula is C29H32N2O4S. The lowest BCUT2D eigenvalue weighted by Crippen LogP contribution is -2.39. The van der Waals surface area contributed by atoms with E-state index in [1.807, 2.05) is 42.5 Å². The number of thiazole rings is 1. The molecule has 6 nitrogen and oxygen atoms in total. The van der Waals surface area contributed by atoms with Crippen molar-refractivity contribution in [2.45, 2.75) is 53.0 Å². The number of nitrogens with zero attached hydrogens (tertiary/aromatic N) is 2. The highest BCUT2D eigenvalue weighted by atomic mass is 32.1. The third kappa shape index (κ3) is 5.21. The van der Waals surface area contributed by atoms with Crippen LogP contribution in [0.4, 0.5) is 0 Å². The average Bonchev–Trinajstić information content (AvgIpc) is 3.16. The molecule has 1 aromatic heterocycles. The first-order chi connectivity index (χ1) is 17.3. The fourth-order valence-corrected chi connectivity index (χ4v) is 5.28. The van der Waals surface area contributed by atoms with Gasteiger partial charge in [0.15, 0.2) is 4.80 Å². The van der Waals surface area contributed by atoms with Gasteiger partial charge in [-0.3, -0.25) is 9.36 Å². The molecule has 0 saturated heterocycles. The third-order valence-corrected chi connectivity index (χ3v) is 7.05. The minimum Gasteiger partial charge on any atom is -0.494 e. The molecule has 1 atom stereocenters. The number of hydrogen-bond acceptors (Lipinski definition) is 6. The van der Waals surface area contributed by atoms with Gasteiger partial charge in [-0.2, -0.15) is 0 Å². The molecule has 3 aromatic rings.